The highest BCUT2D eigenvalue weighted by Crippen LogP contribution is 2.29. The van der Waals surface area contributed by atoms with Gasteiger partial charge in [-0.2, -0.15) is 0 Å². The summed E-state index contributed by atoms with van der Waals surface area (Å²) in [7, 11) is 0. The van der Waals surface area contributed by atoms with Crippen molar-refractivity contribution in [1.29, 1.82) is 0 Å². The largest absolute Gasteiger partial charge is 0.492 e. The van der Waals surface area contributed by atoms with Crippen molar-refractivity contribution >= 4 is 27.5 Å². The van der Waals surface area contributed by atoms with Crippen molar-refractivity contribution in [3.63, 3.8) is 0 Å². The summed E-state index contributed by atoms with van der Waals surface area (Å²) < 4.78 is 22.7. The fourth-order valence-electron chi connectivity index (χ4n) is 3.27. The summed E-state index contributed by atoms with van der Waals surface area (Å²) in [6.45, 7) is 3.17. The Hall–Kier alpha value is -3.12. The smallest absolute Gasteiger partial charge is 0.268 e. The first-order valence-electron chi connectivity index (χ1n) is 9.41. The van der Waals surface area contributed by atoms with Gasteiger partial charge in [-0.3, -0.25) is 4.79 Å². The topological polar surface area (TPSA) is 43.3 Å². The maximum absolute atomic E-state index is 13.8. The molecule has 29 heavy (non-hydrogen) atoms. The van der Waals surface area contributed by atoms with Crippen molar-refractivity contribution in [2.75, 3.05) is 6.61 Å². The standard InChI is InChI=1S/C23H21FN2O2S/c1-16-13-20-22(29-16)14-21(23(27)25-15-17-7-5-6-10-19(17)24)26(20)11-12-28-18-8-3-2-4-9-18/h2-10,13-14H,11-12,15H2,1H3,(H,25,27). The molecule has 0 aliphatic carbocycles. The Morgan fingerprint density at radius 2 is 1.86 bits per heavy atom. The minimum Gasteiger partial charge on any atom is -0.492 e. The number of ether oxygens (including phenoxy) is 1. The van der Waals surface area contributed by atoms with Crippen LogP contribution >= 0.6 is 11.3 Å². The lowest BCUT2D eigenvalue weighted by molar-refractivity contribution is 0.0941. The lowest BCUT2D eigenvalue weighted by Crippen LogP contribution is -2.26. The Bertz CT molecular complexity index is 1130. The first kappa shape index (κ1) is 19.2. The van der Waals surface area contributed by atoms with Crippen LogP contribution in [0.25, 0.3) is 10.2 Å². The van der Waals surface area contributed by atoms with Gasteiger partial charge in [0.2, 0.25) is 0 Å². The molecule has 0 bridgehead atoms. The van der Waals surface area contributed by atoms with Crippen molar-refractivity contribution in [1.82, 2.24) is 9.88 Å². The predicted octanol–water partition coefficient (Wildman–Crippen LogP) is 5.16. The van der Waals surface area contributed by atoms with Gasteiger partial charge in [0.1, 0.15) is 23.9 Å². The van der Waals surface area contributed by atoms with E-state index in [2.05, 4.69) is 11.4 Å². The summed E-state index contributed by atoms with van der Waals surface area (Å²) in [6, 6.07) is 20.0. The molecule has 0 atom stereocenters. The van der Waals surface area contributed by atoms with Crippen molar-refractivity contribution in [2.24, 2.45) is 0 Å². The first-order valence-corrected chi connectivity index (χ1v) is 10.2. The minimum atomic E-state index is -0.323. The second kappa shape index (κ2) is 8.49. The van der Waals surface area contributed by atoms with Gasteiger partial charge < -0.3 is 14.6 Å². The average molecular weight is 408 g/mol. The number of carbonyl (C=O) groups excluding carboxylic acids is 1. The van der Waals surface area contributed by atoms with Gasteiger partial charge in [-0.15, -0.1) is 11.3 Å². The lowest BCUT2D eigenvalue weighted by Gasteiger charge is -2.12. The third kappa shape index (κ3) is 4.32. The van der Waals surface area contributed by atoms with Gasteiger partial charge in [-0.1, -0.05) is 36.4 Å². The fourth-order valence-corrected chi connectivity index (χ4v) is 4.24. The summed E-state index contributed by atoms with van der Waals surface area (Å²) in [5, 5.41) is 2.83. The lowest BCUT2D eigenvalue weighted by atomic mass is 10.2. The second-order valence-electron chi connectivity index (χ2n) is 6.72. The summed E-state index contributed by atoms with van der Waals surface area (Å²) in [6.07, 6.45) is 0. The molecule has 0 saturated carbocycles. The molecule has 1 N–H and O–H groups in total. The van der Waals surface area contributed by atoms with Gasteiger partial charge in [0, 0.05) is 17.0 Å². The van der Waals surface area contributed by atoms with Crippen molar-refractivity contribution in [3.8, 4) is 5.75 Å². The van der Waals surface area contributed by atoms with Crippen LogP contribution in [0.1, 0.15) is 20.9 Å². The molecule has 4 nitrogen and oxygen atoms in total. The quantitative estimate of drug-likeness (QED) is 0.459. The fraction of sp³-hybridized carbons (Fsp3) is 0.174. The minimum absolute atomic E-state index is 0.143. The third-order valence-electron chi connectivity index (χ3n) is 4.67. The molecule has 2 heterocycles. The first-order chi connectivity index (χ1) is 14.1. The number of carbonyl (C=O) groups is 1. The highest BCUT2D eigenvalue weighted by Gasteiger charge is 2.17. The molecule has 0 fully saturated rings. The average Bonchev–Trinajstić information content (AvgIpc) is 3.25. The number of thiophene rings is 1. The number of fused-ring (bicyclic) bond motifs is 1. The van der Waals surface area contributed by atoms with E-state index >= 15 is 0 Å². The van der Waals surface area contributed by atoms with Crippen LogP contribution in [0.3, 0.4) is 0 Å². The molecule has 1 amide bonds. The number of halogens is 1. The molecule has 2 aromatic heterocycles. The molecule has 2 aromatic carbocycles. The zero-order valence-electron chi connectivity index (χ0n) is 16.0. The molecule has 148 valence electrons. The van der Waals surface area contributed by atoms with E-state index in [-0.39, 0.29) is 18.3 Å². The monoisotopic (exact) mass is 408 g/mol. The zero-order chi connectivity index (χ0) is 20.2. The number of aryl methyl sites for hydroxylation is 1. The Labute approximate surface area is 172 Å². The van der Waals surface area contributed by atoms with E-state index in [1.165, 1.54) is 10.9 Å². The molecule has 4 rings (SSSR count). The number of hydrogen-bond donors (Lipinski definition) is 1. The second-order valence-corrected chi connectivity index (χ2v) is 8.01. The highest BCUT2D eigenvalue weighted by molar-refractivity contribution is 7.19. The van der Waals surface area contributed by atoms with E-state index in [9.17, 15) is 9.18 Å². The van der Waals surface area contributed by atoms with Crippen LogP contribution in [0.2, 0.25) is 0 Å². The van der Waals surface area contributed by atoms with Crippen molar-refractivity contribution in [2.45, 2.75) is 20.0 Å². The molecule has 0 aliphatic heterocycles. The van der Waals surface area contributed by atoms with Crippen LogP contribution in [0.5, 0.6) is 5.75 Å². The number of para-hydroxylation sites is 1. The van der Waals surface area contributed by atoms with E-state index in [1.54, 1.807) is 29.5 Å². The Morgan fingerprint density at radius 3 is 2.66 bits per heavy atom. The molecule has 0 saturated heterocycles. The molecule has 4 aromatic rings. The molecular weight excluding hydrogens is 387 g/mol. The number of benzene rings is 2. The molecule has 0 aliphatic rings. The highest BCUT2D eigenvalue weighted by atomic mass is 32.1. The number of nitrogens with one attached hydrogen (secondary N) is 1. The van der Waals surface area contributed by atoms with Crippen LogP contribution in [-0.4, -0.2) is 17.1 Å². The SMILES string of the molecule is Cc1cc2c(cc(C(=O)NCc3ccccc3F)n2CCOc2ccccc2)s1. The van der Waals surface area contributed by atoms with Crippen LogP contribution in [0, 0.1) is 12.7 Å². The zero-order valence-corrected chi connectivity index (χ0v) is 16.8. The number of rotatable bonds is 7. The van der Waals surface area contributed by atoms with Gasteiger partial charge >= 0.3 is 0 Å². The summed E-state index contributed by atoms with van der Waals surface area (Å²) in [5.41, 5.74) is 2.03. The number of amides is 1. The third-order valence-corrected chi connectivity index (χ3v) is 5.66. The Balaban J connectivity index is 1.51. The van der Waals surface area contributed by atoms with Crippen LogP contribution in [0.4, 0.5) is 4.39 Å². The molecule has 0 radical (unpaired) electrons. The molecule has 0 unspecified atom stereocenters. The van der Waals surface area contributed by atoms with Gasteiger partial charge in [-0.25, -0.2) is 4.39 Å². The summed E-state index contributed by atoms with van der Waals surface area (Å²) in [4.78, 5) is 14.0. The summed E-state index contributed by atoms with van der Waals surface area (Å²) in [5.74, 6) is 0.244. The maximum atomic E-state index is 13.8. The maximum Gasteiger partial charge on any atom is 0.268 e. The van der Waals surface area contributed by atoms with E-state index < -0.39 is 0 Å². The normalized spacial score (nSPS) is 11.0. The number of hydrogen-bond acceptors (Lipinski definition) is 3. The van der Waals surface area contributed by atoms with Crippen molar-refractivity contribution < 1.29 is 13.9 Å². The Kier molecular flexibility index (Phi) is 5.62. The summed E-state index contributed by atoms with van der Waals surface area (Å²) >= 11 is 1.65. The van der Waals surface area contributed by atoms with Gasteiger partial charge in [0.15, 0.2) is 0 Å². The van der Waals surface area contributed by atoms with Crippen LogP contribution < -0.4 is 10.1 Å². The van der Waals surface area contributed by atoms with E-state index in [1.807, 2.05) is 47.9 Å². The van der Waals surface area contributed by atoms with Gasteiger partial charge in [0.25, 0.3) is 5.91 Å². The Morgan fingerprint density at radius 1 is 1.10 bits per heavy atom. The number of aromatic nitrogens is 1. The molecule has 0 spiro atoms. The van der Waals surface area contributed by atoms with E-state index in [0.717, 1.165) is 16.0 Å². The predicted molar refractivity (Wildman–Crippen MR) is 114 cm³/mol. The van der Waals surface area contributed by atoms with Crippen LogP contribution in [0.15, 0.2) is 66.7 Å². The van der Waals surface area contributed by atoms with Crippen molar-refractivity contribution in [3.05, 3.63) is 88.7 Å². The molecule has 6 heteroatoms. The number of nitrogens with zero attached hydrogens (tertiary/aromatic N) is 1. The van der Waals surface area contributed by atoms with Gasteiger partial charge in [-0.05, 0) is 37.3 Å². The molecular formula is C23H21FN2O2S. The van der Waals surface area contributed by atoms with E-state index in [0.29, 0.717) is 24.4 Å². The van der Waals surface area contributed by atoms with Crippen LogP contribution in [-0.2, 0) is 13.1 Å². The van der Waals surface area contributed by atoms with E-state index in [4.69, 9.17) is 4.74 Å². The van der Waals surface area contributed by atoms with Gasteiger partial charge in [0.05, 0.1) is 16.8 Å².